The second-order valence-electron chi connectivity index (χ2n) is 5.47. The summed E-state index contributed by atoms with van der Waals surface area (Å²) in [4.78, 5) is 14.8. The summed E-state index contributed by atoms with van der Waals surface area (Å²) in [6, 6.07) is 11.9. The maximum Gasteiger partial charge on any atom is 0.232 e. The minimum Gasteiger partial charge on any atom is -0.486 e. The zero-order valence-electron chi connectivity index (χ0n) is 13.3. The molecular weight excluding hydrogens is 329 g/mol. The molecule has 4 nitrogen and oxygen atoms in total. The minimum absolute atomic E-state index is 0.0132. The van der Waals surface area contributed by atoms with Crippen LogP contribution >= 0.6 is 11.8 Å². The van der Waals surface area contributed by atoms with Gasteiger partial charge in [0.25, 0.3) is 0 Å². The van der Waals surface area contributed by atoms with Crippen LogP contribution in [-0.4, -0.2) is 36.8 Å². The number of hydrogen-bond donors (Lipinski definition) is 0. The molecule has 1 amide bonds. The van der Waals surface area contributed by atoms with Gasteiger partial charge in [-0.05, 0) is 35.9 Å². The Hall–Kier alpha value is -2.21. The molecule has 0 atom stereocenters. The van der Waals surface area contributed by atoms with Crippen LogP contribution in [0.15, 0.2) is 47.4 Å². The Morgan fingerprint density at radius 2 is 1.83 bits per heavy atom. The van der Waals surface area contributed by atoms with Gasteiger partial charge in [-0.15, -0.1) is 11.8 Å². The van der Waals surface area contributed by atoms with Gasteiger partial charge in [-0.3, -0.25) is 4.79 Å². The van der Waals surface area contributed by atoms with Gasteiger partial charge in [-0.2, -0.15) is 0 Å². The highest BCUT2D eigenvalue weighted by atomic mass is 32.2. The molecule has 3 rings (SSSR count). The number of halogens is 1. The van der Waals surface area contributed by atoms with Crippen LogP contribution in [0.1, 0.15) is 5.56 Å². The number of rotatable bonds is 5. The van der Waals surface area contributed by atoms with Crippen molar-refractivity contribution in [1.82, 2.24) is 4.90 Å². The standard InChI is InChI=1S/C18H18FNO3S/c1-20(11-13-2-4-14(19)5-3-13)18(21)12-24-15-6-7-16-17(10-15)23-9-8-22-16/h2-7,10H,8-9,11-12H2,1H3. The Labute approximate surface area is 144 Å². The fourth-order valence-electron chi connectivity index (χ4n) is 2.32. The lowest BCUT2D eigenvalue weighted by atomic mass is 10.2. The number of carbonyl (C=O) groups is 1. The van der Waals surface area contributed by atoms with Gasteiger partial charge in [0.1, 0.15) is 19.0 Å². The van der Waals surface area contributed by atoms with E-state index in [4.69, 9.17) is 9.47 Å². The first-order valence-electron chi connectivity index (χ1n) is 7.63. The van der Waals surface area contributed by atoms with E-state index in [1.54, 1.807) is 24.1 Å². The summed E-state index contributed by atoms with van der Waals surface area (Å²) in [6.07, 6.45) is 0. The van der Waals surface area contributed by atoms with Crippen LogP contribution in [-0.2, 0) is 11.3 Å². The van der Waals surface area contributed by atoms with Crippen molar-refractivity contribution in [2.45, 2.75) is 11.4 Å². The van der Waals surface area contributed by atoms with E-state index < -0.39 is 0 Å². The Bertz CT molecular complexity index is 721. The first kappa shape index (κ1) is 16.6. The predicted molar refractivity (Wildman–Crippen MR) is 91.0 cm³/mol. The molecule has 0 aromatic heterocycles. The molecule has 0 saturated heterocycles. The Morgan fingerprint density at radius 1 is 1.12 bits per heavy atom. The number of ether oxygens (including phenoxy) is 2. The summed E-state index contributed by atoms with van der Waals surface area (Å²) in [5.41, 5.74) is 0.900. The molecule has 24 heavy (non-hydrogen) atoms. The highest BCUT2D eigenvalue weighted by Crippen LogP contribution is 2.34. The molecule has 0 bridgehead atoms. The Balaban J connectivity index is 1.54. The molecule has 1 heterocycles. The summed E-state index contributed by atoms with van der Waals surface area (Å²) in [5.74, 6) is 1.53. The number of thioether (sulfide) groups is 1. The Kier molecular flexibility index (Phi) is 5.25. The summed E-state index contributed by atoms with van der Waals surface area (Å²) >= 11 is 1.46. The average molecular weight is 347 g/mol. The molecule has 126 valence electrons. The van der Waals surface area contributed by atoms with Gasteiger partial charge < -0.3 is 14.4 Å². The fourth-order valence-corrected chi connectivity index (χ4v) is 3.19. The van der Waals surface area contributed by atoms with Crippen molar-refractivity contribution in [3.8, 4) is 11.5 Å². The van der Waals surface area contributed by atoms with Crippen molar-refractivity contribution in [3.63, 3.8) is 0 Å². The number of nitrogens with zero attached hydrogens (tertiary/aromatic N) is 1. The maximum atomic E-state index is 12.9. The van der Waals surface area contributed by atoms with E-state index in [0.29, 0.717) is 25.5 Å². The van der Waals surface area contributed by atoms with Gasteiger partial charge in [-0.1, -0.05) is 12.1 Å². The summed E-state index contributed by atoms with van der Waals surface area (Å²) < 4.78 is 23.9. The van der Waals surface area contributed by atoms with Crippen LogP contribution in [0.25, 0.3) is 0 Å². The van der Waals surface area contributed by atoms with Gasteiger partial charge in [0.2, 0.25) is 5.91 Å². The van der Waals surface area contributed by atoms with E-state index in [0.717, 1.165) is 22.0 Å². The van der Waals surface area contributed by atoms with Crippen LogP contribution in [0.5, 0.6) is 11.5 Å². The van der Waals surface area contributed by atoms with Crippen molar-refractivity contribution in [3.05, 3.63) is 53.8 Å². The van der Waals surface area contributed by atoms with Crippen LogP contribution < -0.4 is 9.47 Å². The second-order valence-corrected chi connectivity index (χ2v) is 6.52. The second kappa shape index (κ2) is 7.57. The lowest BCUT2D eigenvalue weighted by Crippen LogP contribution is -2.27. The zero-order valence-corrected chi connectivity index (χ0v) is 14.1. The van der Waals surface area contributed by atoms with Crippen molar-refractivity contribution < 1.29 is 18.7 Å². The van der Waals surface area contributed by atoms with Gasteiger partial charge >= 0.3 is 0 Å². The van der Waals surface area contributed by atoms with Crippen molar-refractivity contribution in [1.29, 1.82) is 0 Å². The average Bonchev–Trinajstić information content (AvgIpc) is 2.61. The van der Waals surface area contributed by atoms with E-state index in [9.17, 15) is 9.18 Å². The number of carbonyl (C=O) groups excluding carboxylic acids is 1. The van der Waals surface area contributed by atoms with Crippen LogP contribution in [0.2, 0.25) is 0 Å². The quantitative estimate of drug-likeness (QED) is 0.778. The van der Waals surface area contributed by atoms with Crippen LogP contribution in [0, 0.1) is 5.82 Å². The number of benzene rings is 2. The van der Waals surface area contributed by atoms with Gasteiger partial charge in [0.05, 0.1) is 5.75 Å². The highest BCUT2D eigenvalue weighted by Gasteiger charge is 2.14. The lowest BCUT2D eigenvalue weighted by molar-refractivity contribution is -0.127. The highest BCUT2D eigenvalue weighted by molar-refractivity contribution is 8.00. The summed E-state index contributed by atoms with van der Waals surface area (Å²) in [6.45, 7) is 1.56. The topological polar surface area (TPSA) is 38.8 Å². The minimum atomic E-state index is -0.276. The van der Waals surface area contributed by atoms with Crippen molar-refractivity contribution >= 4 is 17.7 Å². The summed E-state index contributed by atoms with van der Waals surface area (Å²) in [7, 11) is 1.75. The molecule has 2 aromatic carbocycles. The molecule has 0 aliphatic carbocycles. The lowest BCUT2D eigenvalue weighted by Gasteiger charge is -2.19. The maximum absolute atomic E-state index is 12.9. The number of amides is 1. The first-order chi connectivity index (χ1) is 11.6. The smallest absolute Gasteiger partial charge is 0.232 e. The number of fused-ring (bicyclic) bond motifs is 1. The van der Waals surface area contributed by atoms with Crippen LogP contribution in [0.4, 0.5) is 4.39 Å². The predicted octanol–water partition coefficient (Wildman–Crippen LogP) is 3.35. The van der Waals surface area contributed by atoms with Crippen molar-refractivity contribution in [2.24, 2.45) is 0 Å². The van der Waals surface area contributed by atoms with Gasteiger partial charge in [0, 0.05) is 18.5 Å². The third kappa shape index (κ3) is 4.20. The van der Waals surface area contributed by atoms with E-state index in [1.807, 2.05) is 18.2 Å². The molecule has 2 aromatic rings. The molecule has 0 unspecified atom stereocenters. The molecular formula is C18H18FNO3S. The molecule has 6 heteroatoms. The molecule has 1 aliphatic rings. The van der Waals surface area contributed by atoms with Gasteiger partial charge in [-0.25, -0.2) is 4.39 Å². The number of hydrogen-bond acceptors (Lipinski definition) is 4. The third-order valence-electron chi connectivity index (χ3n) is 3.63. The SMILES string of the molecule is CN(Cc1ccc(F)cc1)C(=O)CSc1ccc2c(c1)OCCO2. The fraction of sp³-hybridized carbons (Fsp3) is 0.278. The third-order valence-corrected chi connectivity index (χ3v) is 4.61. The normalized spacial score (nSPS) is 12.8. The largest absolute Gasteiger partial charge is 0.486 e. The first-order valence-corrected chi connectivity index (χ1v) is 8.61. The molecule has 1 aliphatic heterocycles. The zero-order chi connectivity index (χ0) is 16.9. The summed E-state index contributed by atoms with van der Waals surface area (Å²) in [5, 5.41) is 0. The molecule has 0 spiro atoms. The van der Waals surface area contributed by atoms with E-state index in [1.165, 1.54) is 23.9 Å². The molecule has 0 N–H and O–H groups in total. The molecule has 0 radical (unpaired) electrons. The van der Waals surface area contributed by atoms with E-state index in [2.05, 4.69) is 0 Å². The van der Waals surface area contributed by atoms with Gasteiger partial charge in [0.15, 0.2) is 11.5 Å². The monoisotopic (exact) mass is 347 g/mol. The van der Waals surface area contributed by atoms with E-state index >= 15 is 0 Å². The molecule has 0 fully saturated rings. The Morgan fingerprint density at radius 3 is 2.58 bits per heavy atom. The van der Waals surface area contributed by atoms with Crippen molar-refractivity contribution in [2.75, 3.05) is 26.0 Å². The van der Waals surface area contributed by atoms with E-state index in [-0.39, 0.29) is 11.7 Å². The van der Waals surface area contributed by atoms with Crippen LogP contribution in [0.3, 0.4) is 0 Å². The molecule has 0 saturated carbocycles.